The Bertz CT molecular complexity index is 672. The van der Waals surface area contributed by atoms with E-state index in [9.17, 15) is 4.79 Å². The lowest BCUT2D eigenvalue weighted by atomic mass is 10.2. The first kappa shape index (κ1) is 14.0. The van der Waals surface area contributed by atoms with Gasteiger partial charge in [0.15, 0.2) is 4.77 Å². The third-order valence-electron chi connectivity index (χ3n) is 3.54. The van der Waals surface area contributed by atoms with Crippen molar-refractivity contribution in [1.29, 1.82) is 0 Å². The molecule has 0 bridgehead atoms. The van der Waals surface area contributed by atoms with Gasteiger partial charge in [0.1, 0.15) is 5.69 Å². The number of ether oxygens (including phenoxy) is 1. The van der Waals surface area contributed by atoms with Crippen LogP contribution in [0.4, 0.5) is 0 Å². The summed E-state index contributed by atoms with van der Waals surface area (Å²) in [4.78, 5) is 15.3. The van der Waals surface area contributed by atoms with Gasteiger partial charge in [-0.3, -0.25) is 9.36 Å². The number of nitrogens with zero attached hydrogens (tertiary/aromatic N) is 1. The highest BCUT2D eigenvalue weighted by molar-refractivity contribution is 7.71. The van der Waals surface area contributed by atoms with Crippen LogP contribution in [-0.4, -0.2) is 34.7 Å². The third-order valence-corrected chi connectivity index (χ3v) is 3.84. The fourth-order valence-corrected chi connectivity index (χ4v) is 2.73. The summed E-state index contributed by atoms with van der Waals surface area (Å²) in [5, 5.41) is 2.91. The molecule has 2 aromatic rings. The Balaban J connectivity index is 1.79. The molecular formula is C15H17N3O2S. The molecule has 110 valence electrons. The van der Waals surface area contributed by atoms with Gasteiger partial charge >= 0.3 is 0 Å². The number of aromatic nitrogens is 2. The summed E-state index contributed by atoms with van der Waals surface area (Å²) in [7, 11) is 0. The van der Waals surface area contributed by atoms with Crippen LogP contribution in [0.3, 0.4) is 0 Å². The molecule has 1 aliphatic rings. The van der Waals surface area contributed by atoms with Crippen LogP contribution in [0.5, 0.6) is 0 Å². The van der Waals surface area contributed by atoms with E-state index < -0.39 is 0 Å². The van der Waals surface area contributed by atoms with Crippen molar-refractivity contribution in [2.75, 3.05) is 13.2 Å². The molecule has 0 aliphatic carbocycles. The molecule has 3 rings (SSSR count). The highest BCUT2D eigenvalue weighted by atomic mass is 32.1. The predicted molar refractivity (Wildman–Crippen MR) is 82.3 cm³/mol. The molecule has 1 fully saturated rings. The summed E-state index contributed by atoms with van der Waals surface area (Å²) in [6, 6.07) is 9.59. The molecule has 1 atom stereocenters. The van der Waals surface area contributed by atoms with Crippen molar-refractivity contribution in [3.63, 3.8) is 0 Å². The first-order chi connectivity index (χ1) is 10.3. The van der Waals surface area contributed by atoms with Crippen LogP contribution >= 0.6 is 12.2 Å². The maximum atomic E-state index is 12.4. The van der Waals surface area contributed by atoms with Gasteiger partial charge in [0.25, 0.3) is 5.91 Å². The molecule has 6 heteroatoms. The highest BCUT2D eigenvalue weighted by Crippen LogP contribution is 2.14. The molecule has 1 saturated heterocycles. The minimum absolute atomic E-state index is 0.126. The monoisotopic (exact) mass is 303 g/mol. The molecule has 2 N–H and O–H groups in total. The van der Waals surface area contributed by atoms with Gasteiger partial charge in [-0.1, -0.05) is 18.2 Å². The van der Waals surface area contributed by atoms with E-state index in [-0.39, 0.29) is 12.0 Å². The smallest absolute Gasteiger partial charge is 0.269 e. The number of amides is 1. The maximum Gasteiger partial charge on any atom is 0.269 e. The first-order valence-electron chi connectivity index (χ1n) is 7.01. The van der Waals surface area contributed by atoms with Crippen LogP contribution in [0.2, 0.25) is 0 Å². The van der Waals surface area contributed by atoms with Gasteiger partial charge in [-0.15, -0.1) is 0 Å². The summed E-state index contributed by atoms with van der Waals surface area (Å²) in [6.07, 6.45) is 3.82. The third kappa shape index (κ3) is 3.06. The van der Waals surface area contributed by atoms with E-state index in [0.717, 1.165) is 25.1 Å². The SMILES string of the molecule is O=C(NCC1CCCO1)c1c[nH]c(=S)n1-c1ccccc1. The number of aromatic amines is 1. The Kier molecular flexibility index (Phi) is 4.17. The van der Waals surface area contributed by atoms with E-state index in [0.29, 0.717) is 17.0 Å². The number of carbonyl (C=O) groups excluding carboxylic acids is 1. The van der Waals surface area contributed by atoms with Gasteiger partial charge in [-0.25, -0.2) is 0 Å². The van der Waals surface area contributed by atoms with Gasteiger partial charge < -0.3 is 15.0 Å². The molecular weight excluding hydrogens is 286 g/mol. The normalized spacial score (nSPS) is 17.8. The van der Waals surface area contributed by atoms with Crippen LogP contribution in [0.1, 0.15) is 23.3 Å². The van der Waals surface area contributed by atoms with Crippen LogP contribution < -0.4 is 5.32 Å². The number of benzene rings is 1. The Labute approximate surface area is 127 Å². The van der Waals surface area contributed by atoms with E-state index in [2.05, 4.69) is 10.3 Å². The number of hydrogen-bond acceptors (Lipinski definition) is 3. The van der Waals surface area contributed by atoms with Crippen LogP contribution in [0.15, 0.2) is 36.5 Å². The first-order valence-corrected chi connectivity index (χ1v) is 7.42. The number of para-hydroxylation sites is 1. The van der Waals surface area contributed by atoms with Crippen molar-refractivity contribution in [2.45, 2.75) is 18.9 Å². The second-order valence-corrected chi connectivity index (χ2v) is 5.38. The van der Waals surface area contributed by atoms with E-state index in [1.54, 1.807) is 10.8 Å². The quantitative estimate of drug-likeness (QED) is 0.853. The summed E-state index contributed by atoms with van der Waals surface area (Å²) in [5.74, 6) is -0.151. The summed E-state index contributed by atoms with van der Waals surface area (Å²) >= 11 is 5.27. The van der Waals surface area contributed by atoms with Crippen LogP contribution in [0, 0.1) is 4.77 Å². The Morgan fingerprint density at radius 1 is 1.43 bits per heavy atom. The van der Waals surface area contributed by atoms with Crippen molar-refractivity contribution in [3.05, 3.63) is 47.0 Å². The molecule has 1 aromatic carbocycles. The molecule has 1 amide bonds. The molecule has 1 aliphatic heterocycles. The lowest BCUT2D eigenvalue weighted by molar-refractivity contribution is 0.0852. The Morgan fingerprint density at radius 3 is 2.95 bits per heavy atom. The zero-order chi connectivity index (χ0) is 14.7. The molecule has 1 unspecified atom stereocenters. The molecule has 2 heterocycles. The van der Waals surface area contributed by atoms with E-state index >= 15 is 0 Å². The van der Waals surface area contributed by atoms with Crippen molar-refractivity contribution >= 4 is 18.1 Å². The zero-order valence-corrected chi connectivity index (χ0v) is 12.4. The summed E-state index contributed by atoms with van der Waals surface area (Å²) in [5.41, 5.74) is 1.37. The maximum absolute atomic E-state index is 12.4. The zero-order valence-electron chi connectivity index (χ0n) is 11.5. The predicted octanol–water partition coefficient (Wildman–Crippen LogP) is 2.44. The van der Waals surface area contributed by atoms with Crippen molar-refractivity contribution < 1.29 is 9.53 Å². The van der Waals surface area contributed by atoms with Crippen LogP contribution in [-0.2, 0) is 4.74 Å². The van der Waals surface area contributed by atoms with Gasteiger partial charge in [0.05, 0.1) is 6.10 Å². The van der Waals surface area contributed by atoms with E-state index in [1.807, 2.05) is 30.3 Å². The number of nitrogens with one attached hydrogen (secondary N) is 2. The second-order valence-electron chi connectivity index (χ2n) is 5.00. The minimum Gasteiger partial charge on any atom is -0.376 e. The molecule has 5 nitrogen and oxygen atoms in total. The Morgan fingerprint density at radius 2 is 2.24 bits per heavy atom. The Hall–Kier alpha value is -1.92. The number of H-pyrrole nitrogens is 1. The minimum atomic E-state index is -0.151. The van der Waals surface area contributed by atoms with Gasteiger partial charge in [0, 0.05) is 25.0 Å². The number of imidazole rings is 1. The van der Waals surface area contributed by atoms with Crippen molar-refractivity contribution in [1.82, 2.24) is 14.9 Å². The molecule has 0 radical (unpaired) electrons. The summed E-state index contributed by atoms with van der Waals surface area (Å²) in [6.45, 7) is 1.32. The molecule has 0 spiro atoms. The number of hydrogen-bond donors (Lipinski definition) is 2. The molecule has 1 aromatic heterocycles. The lowest BCUT2D eigenvalue weighted by Crippen LogP contribution is -2.32. The van der Waals surface area contributed by atoms with Gasteiger partial charge in [0.2, 0.25) is 0 Å². The van der Waals surface area contributed by atoms with Crippen molar-refractivity contribution in [2.24, 2.45) is 0 Å². The van der Waals surface area contributed by atoms with E-state index in [1.165, 1.54) is 0 Å². The molecule has 21 heavy (non-hydrogen) atoms. The topological polar surface area (TPSA) is 59.0 Å². The van der Waals surface area contributed by atoms with Crippen molar-refractivity contribution in [3.8, 4) is 5.69 Å². The van der Waals surface area contributed by atoms with Gasteiger partial charge in [-0.2, -0.15) is 0 Å². The number of rotatable bonds is 4. The average Bonchev–Trinajstić information content (AvgIpc) is 3.15. The standard InChI is InChI=1S/C15H17N3O2S/c19-14(16-9-12-7-4-8-20-12)13-10-17-15(21)18(13)11-5-2-1-3-6-11/h1-3,5-6,10,12H,4,7-9H2,(H,16,19)(H,17,21). The number of carbonyl (C=O) groups is 1. The fourth-order valence-electron chi connectivity index (χ4n) is 2.47. The lowest BCUT2D eigenvalue weighted by Gasteiger charge is -2.12. The van der Waals surface area contributed by atoms with Crippen LogP contribution in [0.25, 0.3) is 5.69 Å². The highest BCUT2D eigenvalue weighted by Gasteiger charge is 2.19. The fraction of sp³-hybridized carbons (Fsp3) is 0.333. The molecule has 0 saturated carbocycles. The largest absolute Gasteiger partial charge is 0.376 e. The van der Waals surface area contributed by atoms with Gasteiger partial charge in [-0.05, 0) is 37.2 Å². The summed E-state index contributed by atoms with van der Waals surface area (Å²) < 4.78 is 7.75. The second kappa shape index (κ2) is 6.24. The average molecular weight is 303 g/mol. The van der Waals surface area contributed by atoms with E-state index in [4.69, 9.17) is 17.0 Å².